The summed E-state index contributed by atoms with van der Waals surface area (Å²) in [4.78, 5) is 27.4. The number of benzene rings is 1. The van der Waals surface area contributed by atoms with Gasteiger partial charge in [0.25, 0.3) is 0 Å². The van der Waals surface area contributed by atoms with Crippen molar-refractivity contribution >= 4 is 17.6 Å². The number of rotatable bonds is 9. The highest BCUT2D eigenvalue weighted by Gasteiger charge is 2.34. The normalized spacial score (nSPS) is 13.8. The predicted octanol–water partition coefficient (Wildman–Crippen LogP) is 4.40. The van der Waals surface area contributed by atoms with E-state index >= 15 is 0 Å². The molecule has 1 aromatic heterocycles. The Morgan fingerprint density at radius 2 is 1.88 bits per heavy atom. The Hall–Kier alpha value is -2.83. The first kappa shape index (κ1) is 23.8. The van der Waals surface area contributed by atoms with Crippen molar-refractivity contribution < 1.29 is 14.3 Å². The van der Waals surface area contributed by atoms with E-state index in [0.717, 1.165) is 36.4 Å². The van der Waals surface area contributed by atoms with Gasteiger partial charge in [-0.05, 0) is 49.4 Å². The quantitative estimate of drug-likeness (QED) is 0.627. The molecule has 1 N–H and O–H groups in total. The average molecular weight is 441 g/mol. The fourth-order valence-electron chi connectivity index (χ4n) is 3.38. The smallest absolute Gasteiger partial charge is 0.245 e. The molecule has 0 atom stereocenters. The number of methoxy groups -OCH3 is 1. The van der Waals surface area contributed by atoms with Crippen LogP contribution in [0.15, 0.2) is 30.3 Å². The van der Waals surface area contributed by atoms with E-state index in [4.69, 9.17) is 9.84 Å². The van der Waals surface area contributed by atoms with Crippen LogP contribution in [0.2, 0.25) is 0 Å². The summed E-state index contributed by atoms with van der Waals surface area (Å²) < 4.78 is 6.99. The van der Waals surface area contributed by atoms with Crippen molar-refractivity contribution in [1.82, 2.24) is 14.7 Å². The maximum Gasteiger partial charge on any atom is 0.245 e. The van der Waals surface area contributed by atoms with Gasteiger partial charge in [0.05, 0.1) is 25.0 Å². The van der Waals surface area contributed by atoms with Crippen LogP contribution in [0, 0.1) is 11.8 Å². The lowest BCUT2D eigenvalue weighted by Crippen LogP contribution is -2.40. The molecule has 1 aliphatic carbocycles. The zero-order valence-electron chi connectivity index (χ0n) is 20.1. The summed E-state index contributed by atoms with van der Waals surface area (Å²) in [7, 11) is 1.63. The minimum Gasteiger partial charge on any atom is -0.497 e. The highest BCUT2D eigenvalue weighted by molar-refractivity contribution is 5.94. The Bertz CT molecular complexity index is 937. The molecular weight excluding hydrogens is 404 g/mol. The lowest BCUT2D eigenvalue weighted by Gasteiger charge is -2.23. The summed E-state index contributed by atoms with van der Waals surface area (Å²) in [5.41, 5.74) is 1.51. The van der Waals surface area contributed by atoms with Gasteiger partial charge in [-0.25, -0.2) is 4.68 Å². The minimum absolute atomic E-state index is 0.0562. The molecule has 174 valence electrons. The standard InChI is InChI=1S/C25H36N4O3/c1-17(2)13-14-28(24(31)18-7-8-18)16-23(30)26-22-15-21(25(3,4)5)27-29(22)19-9-11-20(32-6)12-10-19/h9-12,15,17-18H,7-8,13-14,16H2,1-6H3,(H,26,30). The van der Waals surface area contributed by atoms with Gasteiger partial charge in [-0.15, -0.1) is 0 Å². The van der Waals surface area contributed by atoms with Gasteiger partial charge in [0.15, 0.2) is 0 Å². The van der Waals surface area contributed by atoms with Gasteiger partial charge >= 0.3 is 0 Å². The summed E-state index contributed by atoms with van der Waals surface area (Å²) in [6, 6.07) is 9.44. The highest BCUT2D eigenvalue weighted by Crippen LogP contribution is 2.31. The molecule has 1 aromatic carbocycles. The van der Waals surface area contributed by atoms with Crippen molar-refractivity contribution in [3.8, 4) is 11.4 Å². The van der Waals surface area contributed by atoms with Crippen molar-refractivity contribution in [2.24, 2.45) is 11.8 Å². The third-order valence-electron chi connectivity index (χ3n) is 5.61. The van der Waals surface area contributed by atoms with Crippen LogP contribution < -0.4 is 10.1 Å². The molecule has 1 heterocycles. The Morgan fingerprint density at radius 3 is 2.41 bits per heavy atom. The summed E-state index contributed by atoms with van der Waals surface area (Å²) in [6.07, 6.45) is 2.74. The second-order valence-electron chi connectivity index (χ2n) is 10.0. The molecule has 2 aromatic rings. The number of aromatic nitrogens is 2. The molecular formula is C25H36N4O3. The van der Waals surface area contributed by atoms with Gasteiger partial charge in [0, 0.05) is 23.9 Å². The Balaban J connectivity index is 1.81. The zero-order valence-corrected chi connectivity index (χ0v) is 20.1. The molecule has 3 rings (SSSR count). The zero-order chi connectivity index (χ0) is 23.5. The maximum atomic E-state index is 13.0. The van der Waals surface area contributed by atoms with Crippen LogP contribution >= 0.6 is 0 Å². The van der Waals surface area contributed by atoms with E-state index < -0.39 is 0 Å². The highest BCUT2D eigenvalue weighted by atomic mass is 16.5. The molecule has 0 saturated heterocycles. The lowest BCUT2D eigenvalue weighted by atomic mass is 9.92. The fourth-order valence-corrected chi connectivity index (χ4v) is 3.38. The van der Waals surface area contributed by atoms with Crippen LogP contribution in [0.25, 0.3) is 5.69 Å². The SMILES string of the molecule is COc1ccc(-n2nc(C(C)(C)C)cc2NC(=O)CN(CCC(C)C)C(=O)C2CC2)cc1. The maximum absolute atomic E-state index is 13.0. The third-order valence-corrected chi connectivity index (χ3v) is 5.61. The Labute approximate surface area is 191 Å². The number of ether oxygens (including phenoxy) is 1. The second kappa shape index (κ2) is 9.76. The van der Waals surface area contributed by atoms with Gasteiger partial charge < -0.3 is 15.0 Å². The first-order chi connectivity index (χ1) is 15.1. The minimum atomic E-state index is -0.210. The number of nitrogens with one attached hydrogen (secondary N) is 1. The van der Waals surface area contributed by atoms with Crippen LogP contribution in [0.5, 0.6) is 5.75 Å². The number of amides is 2. The van der Waals surface area contributed by atoms with Gasteiger partial charge in [-0.1, -0.05) is 34.6 Å². The molecule has 2 amide bonds. The molecule has 32 heavy (non-hydrogen) atoms. The van der Waals surface area contributed by atoms with Crippen molar-refractivity contribution in [1.29, 1.82) is 0 Å². The van der Waals surface area contributed by atoms with E-state index in [9.17, 15) is 9.59 Å². The predicted molar refractivity (Wildman–Crippen MR) is 126 cm³/mol. The van der Waals surface area contributed by atoms with E-state index in [1.54, 1.807) is 16.7 Å². The molecule has 7 heteroatoms. The Morgan fingerprint density at radius 1 is 1.22 bits per heavy atom. The van der Waals surface area contributed by atoms with Crippen molar-refractivity contribution in [2.75, 3.05) is 25.5 Å². The van der Waals surface area contributed by atoms with Crippen molar-refractivity contribution in [2.45, 2.75) is 59.3 Å². The van der Waals surface area contributed by atoms with E-state index in [2.05, 4.69) is 39.9 Å². The largest absolute Gasteiger partial charge is 0.497 e. The molecule has 1 fully saturated rings. The number of hydrogen-bond donors (Lipinski definition) is 1. The average Bonchev–Trinajstić information content (AvgIpc) is 3.50. The van der Waals surface area contributed by atoms with E-state index in [1.807, 2.05) is 30.3 Å². The number of carbonyl (C=O) groups excluding carboxylic acids is 2. The fraction of sp³-hybridized carbons (Fsp3) is 0.560. The van der Waals surface area contributed by atoms with Crippen molar-refractivity contribution in [3.05, 3.63) is 36.0 Å². The molecule has 0 aliphatic heterocycles. The second-order valence-corrected chi connectivity index (χ2v) is 10.0. The van der Waals surface area contributed by atoms with Crippen LogP contribution in [0.1, 0.15) is 59.6 Å². The van der Waals surface area contributed by atoms with E-state index in [1.165, 1.54) is 0 Å². The molecule has 1 aliphatic rings. The van der Waals surface area contributed by atoms with Crippen LogP contribution in [-0.4, -0.2) is 46.7 Å². The molecule has 0 radical (unpaired) electrons. The van der Waals surface area contributed by atoms with Gasteiger partial charge in [-0.2, -0.15) is 5.10 Å². The monoisotopic (exact) mass is 440 g/mol. The van der Waals surface area contributed by atoms with Crippen LogP contribution in [0.4, 0.5) is 5.82 Å². The first-order valence-corrected chi connectivity index (χ1v) is 11.4. The number of nitrogens with zero attached hydrogens (tertiary/aromatic N) is 3. The Kier molecular flexibility index (Phi) is 7.26. The topological polar surface area (TPSA) is 76.5 Å². The molecule has 0 unspecified atom stereocenters. The van der Waals surface area contributed by atoms with E-state index in [-0.39, 0.29) is 29.7 Å². The van der Waals surface area contributed by atoms with Crippen LogP contribution in [-0.2, 0) is 15.0 Å². The molecule has 0 bridgehead atoms. The third kappa shape index (κ3) is 6.11. The summed E-state index contributed by atoms with van der Waals surface area (Å²) >= 11 is 0. The van der Waals surface area contributed by atoms with Crippen LogP contribution in [0.3, 0.4) is 0 Å². The molecule has 7 nitrogen and oxygen atoms in total. The summed E-state index contributed by atoms with van der Waals surface area (Å²) in [5.74, 6) is 1.79. The number of hydrogen-bond acceptors (Lipinski definition) is 4. The van der Waals surface area contributed by atoms with Gasteiger partial charge in [0.2, 0.25) is 11.8 Å². The lowest BCUT2D eigenvalue weighted by molar-refractivity contribution is -0.136. The molecule has 1 saturated carbocycles. The summed E-state index contributed by atoms with van der Waals surface area (Å²) in [5, 5.41) is 7.75. The van der Waals surface area contributed by atoms with Gasteiger partial charge in [0.1, 0.15) is 11.6 Å². The first-order valence-electron chi connectivity index (χ1n) is 11.4. The number of carbonyl (C=O) groups is 2. The van der Waals surface area contributed by atoms with Crippen molar-refractivity contribution in [3.63, 3.8) is 0 Å². The summed E-state index contributed by atoms with van der Waals surface area (Å²) in [6.45, 7) is 11.2. The number of anilines is 1. The van der Waals surface area contributed by atoms with E-state index in [0.29, 0.717) is 18.3 Å². The van der Waals surface area contributed by atoms with Gasteiger partial charge in [-0.3, -0.25) is 9.59 Å². The molecule has 0 spiro atoms.